The molecule has 0 radical (unpaired) electrons. The number of amides is 1. The average molecular weight is 379 g/mol. The van der Waals surface area contributed by atoms with E-state index in [1.165, 1.54) is 0 Å². The lowest BCUT2D eigenvalue weighted by Crippen LogP contribution is -2.37. The van der Waals surface area contributed by atoms with Crippen molar-refractivity contribution in [3.63, 3.8) is 0 Å². The maximum Gasteiger partial charge on any atom is 0.263 e. The summed E-state index contributed by atoms with van der Waals surface area (Å²) in [5.41, 5.74) is 0.950. The second kappa shape index (κ2) is 8.65. The van der Waals surface area contributed by atoms with Crippen LogP contribution < -0.4 is 14.2 Å². The van der Waals surface area contributed by atoms with Gasteiger partial charge in [-0.1, -0.05) is 36.4 Å². The van der Waals surface area contributed by atoms with Crippen molar-refractivity contribution >= 4 is 16.7 Å². The third-order valence-corrected chi connectivity index (χ3v) is 4.63. The van der Waals surface area contributed by atoms with Crippen molar-refractivity contribution in [2.24, 2.45) is 0 Å². The Morgan fingerprint density at radius 2 is 1.64 bits per heavy atom. The summed E-state index contributed by atoms with van der Waals surface area (Å²) in [5.74, 6) is 1.89. The monoisotopic (exact) mass is 379 g/mol. The summed E-state index contributed by atoms with van der Waals surface area (Å²) in [6, 6.07) is 19.5. The van der Waals surface area contributed by atoms with Crippen molar-refractivity contribution in [3.8, 4) is 17.2 Å². The van der Waals surface area contributed by atoms with Gasteiger partial charge in [0.15, 0.2) is 17.6 Å². The molecule has 0 aliphatic rings. The van der Waals surface area contributed by atoms with Gasteiger partial charge in [-0.3, -0.25) is 4.79 Å². The van der Waals surface area contributed by atoms with Crippen LogP contribution in [-0.4, -0.2) is 38.2 Å². The molecule has 1 atom stereocenters. The van der Waals surface area contributed by atoms with Crippen LogP contribution in [0.15, 0.2) is 60.7 Å². The number of nitrogens with zero attached hydrogens (tertiary/aromatic N) is 1. The highest BCUT2D eigenvalue weighted by molar-refractivity contribution is 5.84. The lowest BCUT2D eigenvalue weighted by molar-refractivity contribution is -0.137. The van der Waals surface area contributed by atoms with E-state index >= 15 is 0 Å². The van der Waals surface area contributed by atoms with E-state index in [0.29, 0.717) is 23.8 Å². The van der Waals surface area contributed by atoms with E-state index in [2.05, 4.69) is 0 Å². The summed E-state index contributed by atoms with van der Waals surface area (Å²) in [5, 5.41) is 2.22. The van der Waals surface area contributed by atoms with Gasteiger partial charge in [0.05, 0.1) is 14.2 Å². The molecule has 0 aliphatic carbocycles. The summed E-state index contributed by atoms with van der Waals surface area (Å²) in [4.78, 5) is 14.4. The minimum absolute atomic E-state index is 0.0945. The van der Waals surface area contributed by atoms with Gasteiger partial charge < -0.3 is 19.1 Å². The zero-order valence-corrected chi connectivity index (χ0v) is 16.6. The van der Waals surface area contributed by atoms with Crippen LogP contribution >= 0.6 is 0 Å². The Hall–Kier alpha value is -3.21. The summed E-state index contributed by atoms with van der Waals surface area (Å²) in [7, 11) is 4.95. The van der Waals surface area contributed by atoms with E-state index in [0.717, 1.165) is 16.3 Å². The topological polar surface area (TPSA) is 48.0 Å². The third-order valence-electron chi connectivity index (χ3n) is 4.63. The molecule has 0 fully saturated rings. The van der Waals surface area contributed by atoms with Crippen LogP contribution in [0.25, 0.3) is 10.8 Å². The van der Waals surface area contributed by atoms with Crippen LogP contribution in [0.3, 0.4) is 0 Å². The molecule has 0 bridgehead atoms. The zero-order chi connectivity index (χ0) is 20.1. The van der Waals surface area contributed by atoms with Crippen LogP contribution in [-0.2, 0) is 11.3 Å². The first-order valence-electron chi connectivity index (χ1n) is 9.13. The van der Waals surface area contributed by atoms with Crippen molar-refractivity contribution in [2.45, 2.75) is 19.6 Å². The molecule has 3 aromatic carbocycles. The Kier molecular flexibility index (Phi) is 6.04. The lowest BCUT2D eigenvalue weighted by Gasteiger charge is -2.23. The smallest absolute Gasteiger partial charge is 0.263 e. The molecule has 5 nitrogen and oxygen atoms in total. The molecule has 0 N–H and O–H groups in total. The van der Waals surface area contributed by atoms with Crippen molar-refractivity contribution < 1.29 is 19.0 Å². The predicted octanol–water partition coefficient (Wildman–Crippen LogP) is 4.28. The predicted molar refractivity (Wildman–Crippen MR) is 110 cm³/mol. The van der Waals surface area contributed by atoms with Crippen molar-refractivity contribution in [3.05, 3.63) is 66.2 Å². The molecule has 3 rings (SSSR count). The molecular weight excluding hydrogens is 354 g/mol. The van der Waals surface area contributed by atoms with E-state index < -0.39 is 6.10 Å². The highest BCUT2D eigenvalue weighted by Gasteiger charge is 2.20. The first kappa shape index (κ1) is 19.5. The van der Waals surface area contributed by atoms with Gasteiger partial charge in [-0.25, -0.2) is 0 Å². The highest BCUT2D eigenvalue weighted by atomic mass is 16.5. The quantitative estimate of drug-likeness (QED) is 0.615. The second-order valence-electron chi connectivity index (χ2n) is 6.65. The average Bonchev–Trinajstić information content (AvgIpc) is 2.72. The molecule has 0 unspecified atom stereocenters. The molecule has 3 aromatic rings. The maximum absolute atomic E-state index is 12.7. The van der Waals surface area contributed by atoms with E-state index in [9.17, 15) is 4.79 Å². The first-order chi connectivity index (χ1) is 13.5. The molecule has 0 saturated heterocycles. The normalized spacial score (nSPS) is 11.7. The number of likely N-dealkylation sites (N-methyl/N-ethyl adjacent to an activating group) is 1. The minimum Gasteiger partial charge on any atom is -0.493 e. The molecule has 5 heteroatoms. The Morgan fingerprint density at radius 3 is 2.36 bits per heavy atom. The fourth-order valence-electron chi connectivity index (χ4n) is 3.14. The fraction of sp³-hybridized carbons (Fsp3) is 0.261. The summed E-state index contributed by atoms with van der Waals surface area (Å²) in [6.45, 7) is 2.22. The first-order valence-corrected chi connectivity index (χ1v) is 9.13. The Morgan fingerprint density at radius 1 is 0.929 bits per heavy atom. The van der Waals surface area contributed by atoms with Gasteiger partial charge in [0, 0.05) is 13.6 Å². The molecule has 1 amide bonds. The standard InChI is InChI=1S/C23H25NO4/c1-16(28-20-11-10-18-7-5-6-8-19(18)14-20)23(25)24(2)15-17-9-12-21(26-3)22(13-17)27-4/h5-14,16H,15H2,1-4H3/t16-/m0/s1. The largest absolute Gasteiger partial charge is 0.493 e. The number of hydrogen-bond acceptors (Lipinski definition) is 4. The number of ether oxygens (including phenoxy) is 3. The number of fused-ring (bicyclic) bond motifs is 1. The molecule has 0 heterocycles. The summed E-state index contributed by atoms with van der Waals surface area (Å²) >= 11 is 0. The number of hydrogen-bond donors (Lipinski definition) is 0. The number of carbonyl (C=O) groups excluding carboxylic acids is 1. The molecule has 0 aromatic heterocycles. The van der Waals surface area contributed by atoms with Crippen LogP contribution in [0.5, 0.6) is 17.2 Å². The number of methoxy groups -OCH3 is 2. The molecule has 28 heavy (non-hydrogen) atoms. The van der Waals surface area contributed by atoms with Crippen LogP contribution in [0.4, 0.5) is 0 Å². The van der Waals surface area contributed by atoms with Gasteiger partial charge >= 0.3 is 0 Å². The van der Waals surface area contributed by atoms with Gasteiger partial charge in [0.1, 0.15) is 5.75 Å². The summed E-state index contributed by atoms with van der Waals surface area (Å²) in [6.07, 6.45) is -0.591. The van der Waals surface area contributed by atoms with E-state index in [4.69, 9.17) is 14.2 Å². The Balaban J connectivity index is 1.66. The molecule has 0 saturated carbocycles. The van der Waals surface area contributed by atoms with Crippen LogP contribution in [0.2, 0.25) is 0 Å². The van der Waals surface area contributed by atoms with Crippen LogP contribution in [0.1, 0.15) is 12.5 Å². The van der Waals surface area contributed by atoms with Crippen molar-refractivity contribution in [1.82, 2.24) is 4.90 Å². The SMILES string of the molecule is COc1ccc(CN(C)C(=O)[C@H](C)Oc2ccc3ccccc3c2)cc1OC. The van der Waals surface area contributed by atoms with Gasteiger partial charge in [0.2, 0.25) is 0 Å². The lowest BCUT2D eigenvalue weighted by atomic mass is 10.1. The van der Waals surface area contributed by atoms with E-state index in [1.807, 2.05) is 60.7 Å². The number of carbonyl (C=O) groups is 1. The number of benzene rings is 3. The maximum atomic E-state index is 12.7. The highest BCUT2D eigenvalue weighted by Crippen LogP contribution is 2.28. The fourth-order valence-corrected chi connectivity index (χ4v) is 3.14. The third kappa shape index (κ3) is 4.36. The summed E-state index contributed by atoms with van der Waals surface area (Å²) < 4.78 is 16.5. The van der Waals surface area contributed by atoms with Crippen molar-refractivity contribution in [2.75, 3.05) is 21.3 Å². The molecule has 146 valence electrons. The van der Waals surface area contributed by atoms with Gasteiger partial charge in [-0.2, -0.15) is 0 Å². The van der Waals surface area contributed by atoms with Crippen LogP contribution in [0, 0.1) is 0 Å². The van der Waals surface area contributed by atoms with E-state index in [-0.39, 0.29) is 5.91 Å². The second-order valence-corrected chi connectivity index (χ2v) is 6.65. The van der Waals surface area contributed by atoms with Gasteiger partial charge in [-0.15, -0.1) is 0 Å². The minimum atomic E-state index is -0.591. The van der Waals surface area contributed by atoms with Gasteiger partial charge in [-0.05, 0) is 47.5 Å². The number of rotatable bonds is 7. The van der Waals surface area contributed by atoms with Gasteiger partial charge in [0.25, 0.3) is 5.91 Å². The Labute approximate surface area is 165 Å². The molecule has 0 aliphatic heterocycles. The zero-order valence-electron chi connectivity index (χ0n) is 16.6. The molecule has 0 spiro atoms. The van der Waals surface area contributed by atoms with E-state index in [1.54, 1.807) is 33.1 Å². The molecular formula is C23H25NO4. The Bertz CT molecular complexity index is 970. The van der Waals surface area contributed by atoms with Crippen molar-refractivity contribution in [1.29, 1.82) is 0 Å².